The zero-order chi connectivity index (χ0) is 15.9. The maximum absolute atomic E-state index is 12.0. The number of aliphatic hydroxyl groups excluding tert-OH is 1. The Bertz CT molecular complexity index is 658. The molecule has 2 aromatic rings. The Kier molecular flexibility index (Phi) is 5.81. The van der Waals surface area contributed by atoms with Crippen molar-refractivity contribution in [2.45, 2.75) is 13.3 Å². The lowest BCUT2D eigenvalue weighted by Gasteiger charge is -2.12. The monoisotopic (exact) mass is 319 g/mol. The van der Waals surface area contributed by atoms with E-state index in [1.165, 1.54) is 0 Å². The number of rotatable bonds is 6. The van der Waals surface area contributed by atoms with Gasteiger partial charge in [-0.05, 0) is 48.7 Å². The average Bonchev–Trinajstić information content (AvgIpc) is 2.48. The van der Waals surface area contributed by atoms with Gasteiger partial charge in [0.2, 0.25) is 0 Å². The largest absolute Gasteiger partial charge is 0.483 e. The van der Waals surface area contributed by atoms with Gasteiger partial charge in [-0.15, -0.1) is 0 Å². The maximum atomic E-state index is 12.0. The number of carbonyl (C=O) groups is 1. The highest BCUT2D eigenvalue weighted by Gasteiger charge is 2.08. The number of carbonyl (C=O) groups excluding carboxylic acids is 1. The summed E-state index contributed by atoms with van der Waals surface area (Å²) in [5.74, 6) is 0.378. The Morgan fingerprint density at radius 3 is 2.77 bits per heavy atom. The van der Waals surface area contributed by atoms with E-state index in [0.29, 0.717) is 22.9 Å². The van der Waals surface area contributed by atoms with Gasteiger partial charge in [-0.2, -0.15) is 0 Å². The van der Waals surface area contributed by atoms with E-state index in [0.717, 1.165) is 11.1 Å². The number of hydrogen-bond acceptors (Lipinski definition) is 3. The van der Waals surface area contributed by atoms with Crippen molar-refractivity contribution in [2.75, 3.05) is 18.5 Å². The Hall–Kier alpha value is -2.04. The fourth-order valence-corrected chi connectivity index (χ4v) is 2.31. The van der Waals surface area contributed by atoms with Crippen molar-refractivity contribution >= 4 is 23.2 Å². The van der Waals surface area contributed by atoms with Crippen LogP contribution >= 0.6 is 11.6 Å². The molecule has 2 N–H and O–H groups in total. The van der Waals surface area contributed by atoms with Crippen LogP contribution in [0.2, 0.25) is 5.02 Å². The Balaban J connectivity index is 1.96. The second-order valence-corrected chi connectivity index (χ2v) is 5.31. The standard InChI is InChI=1S/C17H18ClNO3/c1-12-10-14(18)6-7-16(12)22-11-17(21)19-15-5-3-2-4-13(15)8-9-20/h2-7,10,20H,8-9,11H2,1H3,(H,19,21). The van der Waals surface area contributed by atoms with E-state index in [2.05, 4.69) is 5.32 Å². The molecule has 0 spiro atoms. The number of para-hydroxylation sites is 1. The first-order chi connectivity index (χ1) is 10.6. The molecule has 0 heterocycles. The maximum Gasteiger partial charge on any atom is 0.262 e. The van der Waals surface area contributed by atoms with Crippen LogP contribution in [0, 0.1) is 6.92 Å². The summed E-state index contributed by atoms with van der Waals surface area (Å²) >= 11 is 5.88. The number of ether oxygens (including phenoxy) is 1. The molecule has 0 atom stereocenters. The number of anilines is 1. The average molecular weight is 320 g/mol. The molecule has 1 amide bonds. The van der Waals surface area contributed by atoms with Gasteiger partial charge < -0.3 is 15.2 Å². The fraction of sp³-hybridized carbons (Fsp3) is 0.235. The zero-order valence-corrected chi connectivity index (χ0v) is 13.1. The number of aryl methyl sites for hydroxylation is 1. The second kappa shape index (κ2) is 7.82. The van der Waals surface area contributed by atoms with Crippen LogP contribution in [0.3, 0.4) is 0 Å². The van der Waals surface area contributed by atoms with Gasteiger partial charge in [-0.3, -0.25) is 4.79 Å². The van der Waals surface area contributed by atoms with Crippen LogP contribution in [0.15, 0.2) is 42.5 Å². The van der Waals surface area contributed by atoms with Crippen molar-refractivity contribution in [3.8, 4) is 5.75 Å². The molecule has 0 saturated carbocycles. The molecule has 2 aromatic carbocycles. The van der Waals surface area contributed by atoms with Crippen LogP contribution in [0.4, 0.5) is 5.69 Å². The Morgan fingerprint density at radius 1 is 1.27 bits per heavy atom. The molecule has 0 unspecified atom stereocenters. The van der Waals surface area contributed by atoms with E-state index in [1.54, 1.807) is 24.3 Å². The minimum Gasteiger partial charge on any atom is -0.483 e. The fourth-order valence-electron chi connectivity index (χ4n) is 2.09. The molecule has 0 aliphatic carbocycles. The molecule has 0 saturated heterocycles. The molecule has 0 aromatic heterocycles. The lowest BCUT2D eigenvalue weighted by molar-refractivity contribution is -0.118. The molecule has 0 aliphatic rings. The summed E-state index contributed by atoms with van der Waals surface area (Å²) in [7, 11) is 0. The molecule has 0 aliphatic heterocycles. The molecule has 2 rings (SSSR count). The highest BCUT2D eigenvalue weighted by molar-refractivity contribution is 6.30. The summed E-state index contributed by atoms with van der Waals surface area (Å²) in [6.45, 7) is 1.82. The molecule has 0 radical (unpaired) electrons. The van der Waals surface area contributed by atoms with E-state index < -0.39 is 0 Å². The molecule has 116 valence electrons. The normalized spacial score (nSPS) is 10.3. The summed E-state index contributed by atoms with van der Waals surface area (Å²) < 4.78 is 5.51. The molecule has 0 bridgehead atoms. The first-order valence-electron chi connectivity index (χ1n) is 6.97. The van der Waals surface area contributed by atoms with Gasteiger partial charge >= 0.3 is 0 Å². The van der Waals surface area contributed by atoms with E-state index in [-0.39, 0.29) is 19.1 Å². The highest BCUT2D eigenvalue weighted by atomic mass is 35.5. The number of aliphatic hydroxyl groups is 1. The van der Waals surface area contributed by atoms with Gasteiger partial charge in [-0.1, -0.05) is 29.8 Å². The van der Waals surface area contributed by atoms with Gasteiger partial charge in [0.15, 0.2) is 6.61 Å². The van der Waals surface area contributed by atoms with Gasteiger partial charge in [0.25, 0.3) is 5.91 Å². The van der Waals surface area contributed by atoms with Crippen LogP contribution in [0.1, 0.15) is 11.1 Å². The smallest absolute Gasteiger partial charge is 0.262 e. The second-order valence-electron chi connectivity index (χ2n) is 4.88. The lowest BCUT2D eigenvalue weighted by atomic mass is 10.1. The van der Waals surface area contributed by atoms with Crippen molar-refractivity contribution in [1.29, 1.82) is 0 Å². The predicted molar refractivity (Wildman–Crippen MR) is 87.5 cm³/mol. The lowest BCUT2D eigenvalue weighted by Crippen LogP contribution is -2.21. The summed E-state index contributed by atoms with van der Waals surface area (Å²) in [4.78, 5) is 12.0. The summed E-state index contributed by atoms with van der Waals surface area (Å²) in [5, 5.41) is 12.5. The van der Waals surface area contributed by atoms with Gasteiger partial charge in [0, 0.05) is 17.3 Å². The van der Waals surface area contributed by atoms with Crippen molar-refractivity contribution < 1.29 is 14.6 Å². The molecule has 4 nitrogen and oxygen atoms in total. The van der Waals surface area contributed by atoms with Gasteiger partial charge in [0.05, 0.1) is 0 Å². The van der Waals surface area contributed by atoms with E-state index >= 15 is 0 Å². The minimum absolute atomic E-state index is 0.0351. The third kappa shape index (κ3) is 4.48. The summed E-state index contributed by atoms with van der Waals surface area (Å²) in [6, 6.07) is 12.6. The molecule has 22 heavy (non-hydrogen) atoms. The number of hydrogen-bond donors (Lipinski definition) is 2. The van der Waals surface area contributed by atoms with E-state index in [9.17, 15) is 4.79 Å². The third-order valence-electron chi connectivity index (χ3n) is 3.17. The molecular weight excluding hydrogens is 302 g/mol. The van der Waals surface area contributed by atoms with Crippen LogP contribution in [0.25, 0.3) is 0 Å². The van der Waals surface area contributed by atoms with Crippen LogP contribution in [-0.4, -0.2) is 24.2 Å². The number of nitrogens with one attached hydrogen (secondary N) is 1. The quantitative estimate of drug-likeness (QED) is 0.859. The number of amides is 1. The third-order valence-corrected chi connectivity index (χ3v) is 3.40. The highest BCUT2D eigenvalue weighted by Crippen LogP contribution is 2.22. The SMILES string of the molecule is Cc1cc(Cl)ccc1OCC(=O)Nc1ccccc1CCO. The number of benzene rings is 2. The van der Waals surface area contributed by atoms with Crippen molar-refractivity contribution in [3.63, 3.8) is 0 Å². The van der Waals surface area contributed by atoms with Crippen molar-refractivity contribution in [3.05, 3.63) is 58.6 Å². The van der Waals surface area contributed by atoms with E-state index in [4.69, 9.17) is 21.4 Å². The zero-order valence-electron chi connectivity index (χ0n) is 12.3. The summed E-state index contributed by atoms with van der Waals surface area (Å²) in [6.07, 6.45) is 0.494. The van der Waals surface area contributed by atoms with Crippen LogP contribution in [0.5, 0.6) is 5.75 Å². The molecule has 0 fully saturated rings. The van der Waals surface area contributed by atoms with Crippen molar-refractivity contribution in [1.82, 2.24) is 0 Å². The van der Waals surface area contributed by atoms with Crippen LogP contribution in [-0.2, 0) is 11.2 Å². The van der Waals surface area contributed by atoms with Crippen LogP contribution < -0.4 is 10.1 Å². The molecular formula is C17H18ClNO3. The van der Waals surface area contributed by atoms with Gasteiger partial charge in [0.1, 0.15) is 5.75 Å². The first-order valence-corrected chi connectivity index (χ1v) is 7.35. The first kappa shape index (κ1) is 16.3. The summed E-state index contributed by atoms with van der Waals surface area (Å²) in [5.41, 5.74) is 2.46. The number of halogens is 1. The Labute approximate surface area is 134 Å². The topological polar surface area (TPSA) is 58.6 Å². The Morgan fingerprint density at radius 2 is 2.05 bits per heavy atom. The molecule has 5 heteroatoms. The minimum atomic E-state index is -0.250. The van der Waals surface area contributed by atoms with Gasteiger partial charge in [-0.25, -0.2) is 0 Å². The van der Waals surface area contributed by atoms with Crippen molar-refractivity contribution in [2.24, 2.45) is 0 Å². The van der Waals surface area contributed by atoms with E-state index in [1.807, 2.05) is 25.1 Å². The predicted octanol–water partition coefficient (Wildman–Crippen LogP) is 3.20.